The SMILES string of the molecule is Cc1ccc(S(=O)(=O)OCC2COc3cc(F)cc(-c4c(Cl)cccc4Cl)c3O2)cc1. The van der Waals surface area contributed by atoms with E-state index in [1.807, 2.05) is 6.92 Å². The van der Waals surface area contributed by atoms with Crippen LogP contribution in [0.2, 0.25) is 10.0 Å². The van der Waals surface area contributed by atoms with E-state index in [1.54, 1.807) is 30.3 Å². The Kier molecular flexibility index (Phi) is 6.12. The minimum absolute atomic E-state index is 0.0183. The molecule has 3 aromatic carbocycles. The zero-order chi connectivity index (χ0) is 22.2. The zero-order valence-electron chi connectivity index (χ0n) is 16.3. The van der Waals surface area contributed by atoms with Gasteiger partial charge in [-0.15, -0.1) is 0 Å². The largest absolute Gasteiger partial charge is 0.486 e. The van der Waals surface area contributed by atoms with E-state index in [1.165, 1.54) is 24.3 Å². The molecule has 0 aromatic heterocycles. The van der Waals surface area contributed by atoms with Crippen molar-refractivity contribution in [3.63, 3.8) is 0 Å². The van der Waals surface area contributed by atoms with Crippen LogP contribution in [0.3, 0.4) is 0 Å². The first kappa shape index (κ1) is 21.9. The molecule has 0 saturated carbocycles. The summed E-state index contributed by atoms with van der Waals surface area (Å²) in [6, 6.07) is 13.6. The van der Waals surface area contributed by atoms with Crippen molar-refractivity contribution < 1.29 is 26.5 Å². The summed E-state index contributed by atoms with van der Waals surface area (Å²) in [6.45, 7) is 1.55. The second-order valence-electron chi connectivity index (χ2n) is 6.98. The van der Waals surface area contributed by atoms with Gasteiger partial charge in [-0.3, -0.25) is 4.18 Å². The summed E-state index contributed by atoms with van der Waals surface area (Å²) in [5, 5.41) is 0.619. The van der Waals surface area contributed by atoms with Crippen molar-refractivity contribution in [2.75, 3.05) is 13.2 Å². The summed E-state index contributed by atoms with van der Waals surface area (Å²) in [5.41, 5.74) is 1.62. The molecule has 1 aliphatic heterocycles. The van der Waals surface area contributed by atoms with Gasteiger partial charge in [0.05, 0.1) is 14.9 Å². The highest BCUT2D eigenvalue weighted by atomic mass is 35.5. The fourth-order valence-electron chi connectivity index (χ4n) is 3.14. The minimum atomic E-state index is -3.97. The first-order valence-corrected chi connectivity index (χ1v) is 11.4. The molecule has 3 aromatic rings. The van der Waals surface area contributed by atoms with Gasteiger partial charge in [0.25, 0.3) is 10.1 Å². The van der Waals surface area contributed by atoms with Gasteiger partial charge in [-0.05, 0) is 37.3 Å². The van der Waals surface area contributed by atoms with Crippen LogP contribution < -0.4 is 9.47 Å². The van der Waals surface area contributed by atoms with Crippen LogP contribution in [0.1, 0.15) is 5.56 Å². The standard InChI is InChI=1S/C22H17Cl2FO5S/c1-13-5-7-16(8-6-13)31(26,27)29-12-15-11-28-20-10-14(25)9-17(22(20)30-15)21-18(23)3-2-4-19(21)24/h2-10,15H,11-12H2,1H3. The second kappa shape index (κ2) is 8.67. The monoisotopic (exact) mass is 482 g/mol. The number of fused-ring (bicyclic) bond motifs is 1. The molecule has 0 saturated heterocycles. The predicted molar refractivity (Wildman–Crippen MR) is 116 cm³/mol. The van der Waals surface area contributed by atoms with Gasteiger partial charge in [0, 0.05) is 17.2 Å². The molecular weight excluding hydrogens is 466 g/mol. The molecule has 4 rings (SSSR count). The van der Waals surface area contributed by atoms with Crippen molar-refractivity contribution >= 4 is 33.3 Å². The van der Waals surface area contributed by atoms with Crippen molar-refractivity contribution in [2.24, 2.45) is 0 Å². The topological polar surface area (TPSA) is 61.8 Å². The highest BCUT2D eigenvalue weighted by Crippen LogP contribution is 2.46. The third-order valence-corrected chi connectivity index (χ3v) is 6.61. The smallest absolute Gasteiger partial charge is 0.297 e. The van der Waals surface area contributed by atoms with Gasteiger partial charge in [-0.25, -0.2) is 4.39 Å². The first-order valence-electron chi connectivity index (χ1n) is 9.28. The second-order valence-corrected chi connectivity index (χ2v) is 9.41. The van der Waals surface area contributed by atoms with E-state index in [2.05, 4.69) is 0 Å². The van der Waals surface area contributed by atoms with Crippen molar-refractivity contribution in [2.45, 2.75) is 17.9 Å². The molecule has 9 heteroatoms. The van der Waals surface area contributed by atoms with Crippen molar-refractivity contribution in [3.8, 4) is 22.6 Å². The third kappa shape index (κ3) is 4.65. The van der Waals surface area contributed by atoms with Gasteiger partial charge in [-0.2, -0.15) is 8.42 Å². The maximum absolute atomic E-state index is 14.2. The lowest BCUT2D eigenvalue weighted by molar-refractivity contribution is 0.0558. The Bertz CT molecular complexity index is 1210. The lowest BCUT2D eigenvalue weighted by Gasteiger charge is -2.28. The van der Waals surface area contributed by atoms with E-state index < -0.39 is 22.0 Å². The normalized spacial score (nSPS) is 15.7. The summed E-state index contributed by atoms with van der Waals surface area (Å²) >= 11 is 12.6. The summed E-state index contributed by atoms with van der Waals surface area (Å²) in [7, 11) is -3.97. The van der Waals surface area contributed by atoms with Crippen LogP contribution in [0, 0.1) is 12.7 Å². The van der Waals surface area contributed by atoms with E-state index in [-0.39, 0.29) is 29.6 Å². The molecule has 1 atom stereocenters. The zero-order valence-corrected chi connectivity index (χ0v) is 18.6. The summed E-state index contributed by atoms with van der Waals surface area (Å²) in [4.78, 5) is 0.0424. The molecule has 31 heavy (non-hydrogen) atoms. The number of hydrogen-bond acceptors (Lipinski definition) is 5. The lowest BCUT2D eigenvalue weighted by atomic mass is 10.0. The van der Waals surface area contributed by atoms with E-state index in [4.69, 9.17) is 36.9 Å². The lowest BCUT2D eigenvalue weighted by Crippen LogP contribution is -2.34. The van der Waals surface area contributed by atoms with Crippen LogP contribution in [0.25, 0.3) is 11.1 Å². The molecule has 1 unspecified atom stereocenters. The van der Waals surface area contributed by atoms with E-state index in [0.717, 1.165) is 5.56 Å². The Balaban J connectivity index is 1.59. The number of rotatable bonds is 5. The van der Waals surface area contributed by atoms with Crippen molar-refractivity contribution in [1.82, 2.24) is 0 Å². The molecular formula is C22H17Cl2FO5S. The molecule has 0 N–H and O–H groups in total. The Morgan fingerprint density at radius 3 is 2.45 bits per heavy atom. The van der Waals surface area contributed by atoms with Gasteiger partial charge in [0.2, 0.25) is 0 Å². The average molecular weight is 483 g/mol. The minimum Gasteiger partial charge on any atom is -0.486 e. The number of hydrogen-bond donors (Lipinski definition) is 0. The number of halogens is 3. The van der Waals surface area contributed by atoms with E-state index >= 15 is 0 Å². The van der Waals surface area contributed by atoms with Crippen LogP contribution in [0.4, 0.5) is 4.39 Å². The van der Waals surface area contributed by atoms with E-state index in [9.17, 15) is 12.8 Å². The van der Waals surface area contributed by atoms with Crippen LogP contribution in [0.15, 0.2) is 59.5 Å². The Hall–Kier alpha value is -2.32. The molecule has 1 heterocycles. The molecule has 5 nitrogen and oxygen atoms in total. The number of ether oxygens (including phenoxy) is 2. The van der Waals surface area contributed by atoms with Gasteiger partial charge in [0.15, 0.2) is 17.6 Å². The number of benzene rings is 3. The van der Waals surface area contributed by atoms with Crippen molar-refractivity contribution in [1.29, 1.82) is 0 Å². The van der Waals surface area contributed by atoms with Gasteiger partial charge in [0.1, 0.15) is 19.0 Å². The van der Waals surface area contributed by atoms with Gasteiger partial charge >= 0.3 is 0 Å². The molecule has 0 radical (unpaired) electrons. The van der Waals surface area contributed by atoms with Crippen molar-refractivity contribution in [3.05, 3.63) is 76.0 Å². The van der Waals surface area contributed by atoms with Crippen LogP contribution in [0.5, 0.6) is 11.5 Å². The molecule has 0 fully saturated rings. The quantitative estimate of drug-likeness (QED) is 0.439. The van der Waals surface area contributed by atoms with Gasteiger partial charge < -0.3 is 9.47 Å². The average Bonchev–Trinajstić information content (AvgIpc) is 2.72. The van der Waals surface area contributed by atoms with Gasteiger partial charge in [-0.1, -0.05) is 47.0 Å². The molecule has 0 bridgehead atoms. The molecule has 1 aliphatic rings. The summed E-state index contributed by atoms with van der Waals surface area (Å²) < 4.78 is 55.8. The molecule has 0 aliphatic carbocycles. The summed E-state index contributed by atoms with van der Waals surface area (Å²) in [5.74, 6) is -0.169. The fraction of sp³-hybridized carbons (Fsp3) is 0.182. The molecule has 0 amide bonds. The highest BCUT2D eigenvalue weighted by molar-refractivity contribution is 7.86. The maximum atomic E-state index is 14.2. The van der Waals surface area contributed by atoms with Crippen LogP contribution in [-0.4, -0.2) is 27.7 Å². The maximum Gasteiger partial charge on any atom is 0.297 e. The summed E-state index contributed by atoms with van der Waals surface area (Å²) in [6.07, 6.45) is -0.752. The first-order chi connectivity index (χ1) is 14.7. The highest BCUT2D eigenvalue weighted by Gasteiger charge is 2.29. The van der Waals surface area contributed by atoms with E-state index in [0.29, 0.717) is 21.2 Å². The fourth-order valence-corrected chi connectivity index (χ4v) is 4.68. The molecule has 0 spiro atoms. The number of aryl methyl sites for hydroxylation is 1. The Morgan fingerprint density at radius 1 is 1.10 bits per heavy atom. The Labute approximate surface area is 189 Å². The molecule has 162 valence electrons. The van der Waals surface area contributed by atoms with Crippen LogP contribution in [-0.2, 0) is 14.3 Å². The third-order valence-electron chi connectivity index (χ3n) is 4.68. The van der Waals surface area contributed by atoms with Crippen LogP contribution >= 0.6 is 23.2 Å². The Morgan fingerprint density at radius 2 is 1.77 bits per heavy atom. The predicted octanol–water partition coefficient (Wildman–Crippen LogP) is 5.65.